The van der Waals surface area contributed by atoms with E-state index in [9.17, 15) is 4.79 Å². The summed E-state index contributed by atoms with van der Waals surface area (Å²) in [4.78, 5) is 22.0. The Balaban J connectivity index is 1.62. The summed E-state index contributed by atoms with van der Waals surface area (Å²) >= 11 is 0. The van der Waals surface area contributed by atoms with Crippen LogP contribution in [0.15, 0.2) is 30.6 Å². The molecule has 148 valence electrons. The van der Waals surface area contributed by atoms with E-state index < -0.39 is 0 Å². The van der Waals surface area contributed by atoms with Gasteiger partial charge in [0.1, 0.15) is 5.75 Å². The van der Waals surface area contributed by atoms with E-state index in [0.29, 0.717) is 24.0 Å². The van der Waals surface area contributed by atoms with Crippen LogP contribution < -0.4 is 10.1 Å². The van der Waals surface area contributed by atoms with Crippen LogP contribution in [-0.2, 0) is 12.8 Å². The lowest BCUT2D eigenvalue weighted by Crippen LogP contribution is -2.23. The number of hydrogen-bond donors (Lipinski definition) is 1. The van der Waals surface area contributed by atoms with Crippen LogP contribution >= 0.6 is 0 Å². The number of ether oxygens (including phenoxy) is 1. The molecule has 0 spiro atoms. The highest BCUT2D eigenvalue weighted by Gasteiger charge is 2.33. The van der Waals surface area contributed by atoms with Crippen LogP contribution in [0.3, 0.4) is 0 Å². The molecule has 7 nitrogen and oxygen atoms in total. The second-order valence-corrected chi connectivity index (χ2v) is 7.56. The Morgan fingerprint density at radius 3 is 2.83 bits per heavy atom. The smallest absolute Gasteiger partial charge is 0.254 e. The van der Waals surface area contributed by atoms with Crippen molar-refractivity contribution in [1.29, 1.82) is 0 Å². The molecule has 1 amide bonds. The minimum absolute atomic E-state index is 0.0892. The first-order valence-electron chi connectivity index (χ1n) is 10.1. The Bertz CT molecular complexity index is 1100. The molecular formula is C22H23N5O2. The van der Waals surface area contributed by atoms with Gasteiger partial charge in [-0.15, -0.1) is 0 Å². The highest BCUT2D eigenvalue weighted by Crippen LogP contribution is 2.42. The maximum absolute atomic E-state index is 12.5. The van der Waals surface area contributed by atoms with Gasteiger partial charge in [0, 0.05) is 24.2 Å². The zero-order valence-corrected chi connectivity index (χ0v) is 16.6. The van der Waals surface area contributed by atoms with Gasteiger partial charge in [-0.05, 0) is 55.9 Å². The number of carbonyl (C=O) groups is 1. The molecule has 1 saturated carbocycles. The van der Waals surface area contributed by atoms with Crippen molar-refractivity contribution in [3.63, 3.8) is 0 Å². The summed E-state index contributed by atoms with van der Waals surface area (Å²) in [5.41, 5.74) is 5.92. The number of aromatic nitrogens is 4. The van der Waals surface area contributed by atoms with Crippen molar-refractivity contribution in [3.05, 3.63) is 53.0 Å². The fourth-order valence-electron chi connectivity index (χ4n) is 4.00. The molecule has 5 rings (SSSR count). The first-order chi connectivity index (χ1) is 14.2. The molecule has 0 atom stereocenters. The lowest BCUT2D eigenvalue weighted by Gasteiger charge is -2.20. The summed E-state index contributed by atoms with van der Waals surface area (Å²) in [6, 6.07) is 6.13. The largest absolute Gasteiger partial charge is 0.497 e. The van der Waals surface area contributed by atoms with E-state index in [1.807, 2.05) is 25.3 Å². The number of benzene rings is 1. The quantitative estimate of drug-likeness (QED) is 0.725. The first kappa shape index (κ1) is 17.8. The van der Waals surface area contributed by atoms with Gasteiger partial charge in [0.2, 0.25) is 0 Å². The normalized spacial score (nSPS) is 14.8. The van der Waals surface area contributed by atoms with Crippen molar-refractivity contribution >= 4 is 5.91 Å². The van der Waals surface area contributed by atoms with Crippen molar-refractivity contribution in [3.8, 4) is 23.0 Å². The average molecular weight is 389 g/mol. The van der Waals surface area contributed by atoms with Crippen LogP contribution in [0.1, 0.15) is 52.9 Å². The lowest BCUT2D eigenvalue weighted by atomic mass is 9.90. The van der Waals surface area contributed by atoms with E-state index in [2.05, 4.69) is 21.5 Å². The topological polar surface area (TPSA) is 81.9 Å². The van der Waals surface area contributed by atoms with E-state index in [0.717, 1.165) is 53.9 Å². The highest BCUT2D eigenvalue weighted by atomic mass is 16.5. The van der Waals surface area contributed by atoms with Crippen molar-refractivity contribution in [2.75, 3.05) is 13.7 Å². The van der Waals surface area contributed by atoms with Gasteiger partial charge >= 0.3 is 0 Å². The monoisotopic (exact) mass is 389 g/mol. The Labute approximate surface area is 169 Å². The third kappa shape index (κ3) is 3.06. The molecule has 0 aliphatic heterocycles. The molecule has 1 fully saturated rings. The highest BCUT2D eigenvalue weighted by molar-refractivity contribution is 5.95. The van der Waals surface area contributed by atoms with Gasteiger partial charge in [-0.2, -0.15) is 5.10 Å². The average Bonchev–Trinajstić information content (AvgIpc) is 3.50. The van der Waals surface area contributed by atoms with Gasteiger partial charge in [-0.1, -0.05) is 6.07 Å². The standard InChI is InChI=1S/C22H23N5O2/c1-3-23-21(28)18-12-25-27(20(18)14-5-6-14)22-24-11-15-7-4-13-8-9-16(29-2)10-17(13)19(15)26-22/h8-12,14H,3-7H2,1-2H3,(H,23,28). The number of nitrogens with one attached hydrogen (secondary N) is 1. The van der Waals surface area contributed by atoms with Crippen molar-refractivity contribution in [2.45, 2.75) is 38.5 Å². The Morgan fingerprint density at radius 2 is 2.07 bits per heavy atom. The number of aryl methyl sites for hydroxylation is 2. The van der Waals surface area contributed by atoms with Crippen LogP contribution in [-0.4, -0.2) is 39.3 Å². The van der Waals surface area contributed by atoms with E-state index in [1.54, 1.807) is 18.0 Å². The molecule has 2 heterocycles. The molecule has 7 heteroatoms. The number of rotatable bonds is 5. The van der Waals surface area contributed by atoms with Crippen LogP contribution in [0.25, 0.3) is 17.2 Å². The molecule has 1 aromatic carbocycles. The van der Waals surface area contributed by atoms with E-state index in [-0.39, 0.29) is 5.91 Å². The minimum Gasteiger partial charge on any atom is -0.497 e. The predicted molar refractivity (Wildman–Crippen MR) is 109 cm³/mol. The molecule has 0 bridgehead atoms. The van der Waals surface area contributed by atoms with Gasteiger partial charge in [0.25, 0.3) is 11.9 Å². The molecule has 1 N–H and O–H groups in total. The summed E-state index contributed by atoms with van der Waals surface area (Å²) in [5.74, 6) is 1.57. The summed E-state index contributed by atoms with van der Waals surface area (Å²) in [6.45, 7) is 2.50. The Hall–Kier alpha value is -3.22. The second-order valence-electron chi connectivity index (χ2n) is 7.56. The number of carbonyl (C=O) groups excluding carboxylic acids is 1. The lowest BCUT2D eigenvalue weighted by molar-refractivity contribution is 0.0955. The third-order valence-corrected chi connectivity index (χ3v) is 5.63. The van der Waals surface area contributed by atoms with Crippen molar-refractivity contribution < 1.29 is 9.53 Å². The third-order valence-electron chi connectivity index (χ3n) is 5.63. The molecular weight excluding hydrogens is 366 g/mol. The van der Waals surface area contributed by atoms with Crippen LogP contribution in [0.2, 0.25) is 0 Å². The molecule has 2 aliphatic carbocycles. The van der Waals surface area contributed by atoms with Crippen LogP contribution in [0, 0.1) is 0 Å². The fraction of sp³-hybridized carbons (Fsp3) is 0.364. The molecule has 0 unspecified atom stereocenters. The molecule has 3 aromatic rings. The van der Waals surface area contributed by atoms with Gasteiger partial charge in [-0.25, -0.2) is 14.6 Å². The number of amides is 1. The molecule has 2 aromatic heterocycles. The SMILES string of the molecule is CCNC(=O)c1cnn(-c2ncc3c(n2)-c2cc(OC)ccc2CC3)c1C1CC1. The molecule has 2 aliphatic rings. The van der Waals surface area contributed by atoms with Gasteiger partial charge in [0.05, 0.1) is 30.3 Å². The van der Waals surface area contributed by atoms with Gasteiger partial charge in [-0.3, -0.25) is 4.79 Å². The van der Waals surface area contributed by atoms with Gasteiger partial charge in [0.15, 0.2) is 0 Å². The summed E-state index contributed by atoms with van der Waals surface area (Å²) in [6.07, 6.45) is 7.52. The van der Waals surface area contributed by atoms with Gasteiger partial charge < -0.3 is 10.1 Å². The maximum Gasteiger partial charge on any atom is 0.254 e. The molecule has 0 radical (unpaired) electrons. The van der Waals surface area contributed by atoms with E-state index >= 15 is 0 Å². The fourth-order valence-corrected chi connectivity index (χ4v) is 4.00. The molecule has 29 heavy (non-hydrogen) atoms. The van der Waals surface area contributed by atoms with Crippen molar-refractivity contribution in [1.82, 2.24) is 25.1 Å². The van der Waals surface area contributed by atoms with E-state index in [1.165, 1.54) is 5.56 Å². The number of hydrogen-bond acceptors (Lipinski definition) is 5. The summed E-state index contributed by atoms with van der Waals surface area (Å²) < 4.78 is 7.16. The van der Waals surface area contributed by atoms with Crippen LogP contribution in [0.5, 0.6) is 5.75 Å². The zero-order chi connectivity index (χ0) is 20.0. The Kier molecular flexibility index (Phi) is 4.30. The minimum atomic E-state index is -0.0892. The predicted octanol–water partition coefficient (Wildman–Crippen LogP) is 3.06. The number of methoxy groups -OCH3 is 1. The molecule has 0 saturated heterocycles. The summed E-state index contributed by atoms with van der Waals surface area (Å²) in [5, 5.41) is 7.37. The Morgan fingerprint density at radius 1 is 1.24 bits per heavy atom. The number of nitrogens with zero attached hydrogens (tertiary/aromatic N) is 4. The van der Waals surface area contributed by atoms with E-state index in [4.69, 9.17) is 9.72 Å². The maximum atomic E-state index is 12.5. The summed E-state index contributed by atoms with van der Waals surface area (Å²) in [7, 11) is 1.67. The van der Waals surface area contributed by atoms with Crippen LogP contribution in [0.4, 0.5) is 0 Å². The first-order valence-corrected chi connectivity index (χ1v) is 10.1. The zero-order valence-electron chi connectivity index (χ0n) is 16.6. The second kappa shape index (κ2) is 6.99. The number of fused-ring (bicyclic) bond motifs is 3. The van der Waals surface area contributed by atoms with Crippen molar-refractivity contribution in [2.24, 2.45) is 0 Å².